The molecule has 34 heavy (non-hydrogen) atoms. The minimum atomic E-state index is -0.454. The van der Waals surface area contributed by atoms with Crippen molar-refractivity contribution in [2.75, 3.05) is 21.3 Å². The Bertz CT molecular complexity index is 1200. The summed E-state index contributed by atoms with van der Waals surface area (Å²) in [6, 6.07) is 15.5. The van der Waals surface area contributed by atoms with Crippen molar-refractivity contribution in [2.45, 2.75) is 13.8 Å². The monoisotopic (exact) mass is 498 g/mol. The lowest BCUT2D eigenvalue weighted by Crippen LogP contribution is -2.16. The molecule has 0 saturated heterocycles. The van der Waals surface area contributed by atoms with E-state index in [1.165, 1.54) is 32.0 Å². The Balaban J connectivity index is 1.74. The Labute approximate surface area is 205 Å². The number of halogens is 2. The van der Waals surface area contributed by atoms with E-state index in [2.05, 4.69) is 21.3 Å². The Morgan fingerprint density at radius 3 is 1.38 bits per heavy atom. The number of carbonyl (C=O) groups excluding carboxylic acids is 4. The van der Waals surface area contributed by atoms with Crippen molar-refractivity contribution in [1.82, 2.24) is 0 Å². The number of hydrogen-bond donors (Lipinski definition) is 4. The number of benzene rings is 3. The van der Waals surface area contributed by atoms with Crippen LogP contribution in [-0.2, 0) is 9.59 Å². The lowest BCUT2D eigenvalue weighted by atomic mass is 10.1. The molecule has 3 aromatic carbocycles. The lowest BCUT2D eigenvalue weighted by Gasteiger charge is -2.11. The van der Waals surface area contributed by atoms with Gasteiger partial charge in [-0.25, -0.2) is 0 Å². The van der Waals surface area contributed by atoms with Crippen molar-refractivity contribution in [1.29, 1.82) is 0 Å². The van der Waals surface area contributed by atoms with Gasteiger partial charge in [0.15, 0.2) is 0 Å². The molecule has 4 amide bonds. The third kappa shape index (κ3) is 6.57. The van der Waals surface area contributed by atoms with Crippen molar-refractivity contribution >= 4 is 69.6 Å². The molecule has 0 aliphatic heterocycles. The summed E-state index contributed by atoms with van der Waals surface area (Å²) in [5.41, 5.74) is 2.06. The van der Waals surface area contributed by atoms with E-state index < -0.39 is 11.8 Å². The summed E-state index contributed by atoms with van der Waals surface area (Å²) in [7, 11) is 0. The van der Waals surface area contributed by atoms with Gasteiger partial charge in [0.25, 0.3) is 11.8 Å². The number of rotatable bonds is 6. The molecule has 8 nitrogen and oxygen atoms in total. The zero-order valence-corrected chi connectivity index (χ0v) is 19.7. The molecule has 3 aromatic rings. The summed E-state index contributed by atoms with van der Waals surface area (Å²) in [5.74, 6) is -1.50. The molecule has 0 heterocycles. The number of nitrogens with one attached hydrogen (secondary N) is 4. The topological polar surface area (TPSA) is 116 Å². The van der Waals surface area contributed by atoms with Crippen molar-refractivity contribution in [3.63, 3.8) is 0 Å². The fourth-order valence-corrected chi connectivity index (χ4v) is 3.31. The minimum absolute atomic E-state index is 0.249. The summed E-state index contributed by atoms with van der Waals surface area (Å²) in [4.78, 5) is 48.1. The first-order valence-corrected chi connectivity index (χ1v) is 10.7. The van der Waals surface area contributed by atoms with E-state index in [1.54, 1.807) is 42.5 Å². The van der Waals surface area contributed by atoms with Gasteiger partial charge in [0.05, 0.1) is 21.4 Å². The Kier molecular flexibility index (Phi) is 7.88. The van der Waals surface area contributed by atoms with Gasteiger partial charge in [-0.1, -0.05) is 29.3 Å². The van der Waals surface area contributed by atoms with Crippen LogP contribution < -0.4 is 21.3 Å². The van der Waals surface area contributed by atoms with Gasteiger partial charge in [-0.2, -0.15) is 0 Å². The first-order valence-electron chi connectivity index (χ1n) is 9.99. The van der Waals surface area contributed by atoms with E-state index in [0.29, 0.717) is 32.8 Å². The molecule has 0 radical (unpaired) electrons. The van der Waals surface area contributed by atoms with Gasteiger partial charge in [0.2, 0.25) is 11.8 Å². The van der Waals surface area contributed by atoms with Gasteiger partial charge in [0.1, 0.15) is 0 Å². The third-order valence-electron chi connectivity index (χ3n) is 4.46. The highest BCUT2D eigenvalue weighted by Gasteiger charge is 2.13. The number of carbonyl (C=O) groups is 4. The Morgan fingerprint density at radius 1 is 0.588 bits per heavy atom. The third-order valence-corrected chi connectivity index (χ3v) is 5.12. The van der Waals surface area contributed by atoms with Gasteiger partial charge in [-0.3, -0.25) is 19.2 Å². The maximum Gasteiger partial charge on any atom is 0.255 e. The van der Waals surface area contributed by atoms with Gasteiger partial charge < -0.3 is 21.3 Å². The van der Waals surface area contributed by atoms with Crippen LogP contribution in [0.4, 0.5) is 22.7 Å². The van der Waals surface area contributed by atoms with E-state index in [-0.39, 0.29) is 22.9 Å². The predicted molar refractivity (Wildman–Crippen MR) is 134 cm³/mol. The number of hydrogen-bond acceptors (Lipinski definition) is 4. The smallest absolute Gasteiger partial charge is 0.255 e. The number of anilines is 4. The summed E-state index contributed by atoms with van der Waals surface area (Å²) in [5, 5.41) is 11.3. The van der Waals surface area contributed by atoms with Crippen LogP contribution in [0.5, 0.6) is 0 Å². The molecule has 174 valence electrons. The van der Waals surface area contributed by atoms with Crippen LogP contribution >= 0.6 is 23.2 Å². The first kappa shape index (κ1) is 24.8. The molecule has 0 aromatic heterocycles. The molecule has 0 atom stereocenters. The van der Waals surface area contributed by atoms with E-state index in [0.717, 1.165) is 0 Å². The Morgan fingerprint density at radius 2 is 1.00 bits per heavy atom. The van der Waals surface area contributed by atoms with Crippen LogP contribution in [0.1, 0.15) is 34.6 Å². The van der Waals surface area contributed by atoms with Crippen LogP contribution in [-0.4, -0.2) is 23.6 Å². The van der Waals surface area contributed by atoms with Crippen molar-refractivity contribution in [2.24, 2.45) is 0 Å². The highest BCUT2D eigenvalue weighted by molar-refractivity contribution is 6.34. The maximum atomic E-state index is 12.7. The lowest BCUT2D eigenvalue weighted by molar-refractivity contribution is -0.115. The second-order valence-electron chi connectivity index (χ2n) is 7.24. The molecule has 0 spiro atoms. The van der Waals surface area contributed by atoms with Crippen molar-refractivity contribution < 1.29 is 19.2 Å². The summed E-state index contributed by atoms with van der Waals surface area (Å²) < 4.78 is 0. The molecule has 10 heteroatoms. The fourth-order valence-electron chi connectivity index (χ4n) is 2.99. The molecular formula is C24H20Cl2N4O4. The molecular weight excluding hydrogens is 479 g/mol. The molecule has 0 aliphatic carbocycles. The summed E-state index contributed by atoms with van der Waals surface area (Å²) in [6.07, 6.45) is 0. The molecule has 0 fully saturated rings. The van der Waals surface area contributed by atoms with Crippen LogP contribution in [0.25, 0.3) is 0 Å². The second-order valence-corrected chi connectivity index (χ2v) is 8.06. The minimum Gasteiger partial charge on any atom is -0.325 e. The highest BCUT2D eigenvalue weighted by atomic mass is 35.5. The first-order chi connectivity index (χ1) is 16.1. The molecule has 4 N–H and O–H groups in total. The maximum absolute atomic E-state index is 12.7. The van der Waals surface area contributed by atoms with Crippen LogP contribution in [0.3, 0.4) is 0 Å². The van der Waals surface area contributed by atoms with Crippen LogP contribution in [0.15, 0.2) is 60.7 Å². The van der Waals surface area contributed by atoms with Gasteiger partial charge >= 0.3 is 0 Å². The number of amides is 4. The second kappa shape index (κ2) is 10.8. The molecule has 3 rings (SSSR count). The van der Waals surface area contributed by atoms with Gasteiger partial charge in [-0.05, 0) is 54.6 Å². The quantitative estimate of drug-likeness (QED) is 0.363. The molecule has 0 saturated carbocycles. The highest BCUT2D eigenvalue weighted by Crippen LogP contribution is 2.27. The van der Waals surface area contributed by atoms with Crippen molar-refractivity contribution in [3.05, 3.63) is 81.8 Å². The molecule has 0 aliphatic rings. The molecule has 0 unspecified atom stereocenters. The van der Waals surface area contributed by atoms with E-state index in [4.69, 9.17) is 23.2 Å². The summed E-state index contributed by atoms with van der Waals surface area (Å²) >= 11 is 12.1. The summed E-state index contributed by atoms with van der Waals surface area (Å²) in [6.45, 7) is 2.70. The van der Waals surface area contributed by atoms with Gasteiger partial charge in [-0.15, -0.1) is 0 Å². The van der Waals surface area contributed by atoms with Crippen molar-refractivity contribution in [3.8, 4) is 0 Å². The zero-order chi connectivity index (χ0) is 24.8. The Hall–Kier alpha value is -3.88. The van der Waals surface area contributed by atoms with Crippen LogP contribution in [0, 0.1) is 0 Å². The average Bonchev–Trinajstić information content (AvgIpc) is 2.77. The van der Waals surface area contributed by atoms with E-state index in [1.807, 2.05) is 0 Å². The van der Waals surface area contributed by atoms with E-state index in [9.17, 15) is 19.2 Å². The van der Waals surface area contributed by atoms with E-state index >= 15 is 0 Å². The zero-order valence-electron chi connectivity index (χ0n) is 18.2. The fraction of sp³-hybridized carbons (Fsp3) is 0.0833. The average molecular weight is 499 g/mol. The largest absolute Gasteiger partial charge is 0.325 e. The van der Waals surface area contributed by atoms with Gasteiger partial charge in [0, 0.05) is 36.3 Å². The molecule has 0 bridgehead atoms. The SMILES string of the molecule is CC(=O)Nc1cc(NC(=O)c2cccc(C(=O)Nc3ccc(Cl)c(NC(C)=O)c3)c2)ccc1Cl. The standard InChI is InChI=1S/C24H20Cl2N4O4/c1-13(31)27-21-11-17(6-8-19(21)25)29-23(33)15-4-3-5-16(10-15)24(34)30-18-7-9-20(26)22(12-18)28-14(2)32/h3-12H,1-2H3,(H,27,31)(H,28,32)(H,29,33)(H,30,34). The normalized spacial score (nSPS) is 10.2. The van der Waals surface area contributed by atoms with Crippen LogP contribution in [0.2, 0.25) is 10.0 Å². The predicted octanol–water partition coefficient (Wildman–Crippen LogP) is 5.41.